The van der Waals surface area contributed by atoms with Crippen LogP contribution in [0.5, 0.6) is 0 Å². The Morgan fingerprint density at radius 1 is 0.350 bits per heavy atom. The molecule has 0 radical (unpaired) electrons. The van der Waals surface area contributed by atoms with Gasteiger partial charge in [0.25, 0.3) is 12.3 Å². The fraction of sp³-hybridized carbons (Fsp3) is 0. The number of pyridine rings is 1. The van der Waals surface area contributed by atoms with Crippen LogP contribution in [0.1, 0.15) is 0 Å². The van der Waals surface area contributed by atoms with Crippen molar-refractivity contribution in [3.8, 4) is 39.1 Å². The van der Waals surface area contributed by atoms with Crippen molar-refractivity contribution in [3.05, 3.63) is 217 Å². The Kier molecular flexibility index (Phi) is 6.93. The molecule has 4 heterocycles. The number of fused-ring (bicyclic) bond motifs is 3. The van der Waals surface area contributed by atoms with Crippen LogP contribution in [-0.2, 0) is 0 Å². The van der Waals surface area contributed by atoms with Gasteiger partial charge in [-0.25, -0.2) is 0 Å². The predicted molar refractivity (Wildman–Crippen MR) is 251 cm³/mol. The molecule has 13 rings (SSSR count). The number of rotatable bonds is 5. The average Bonchev–Trinajstić information content (AvgIpc) is 3.32. The number of hydrogen-bond acceptors (Lipinski definition) is 3. The molecule has 3 aliphatic rings. The van der Waals surface area contributed by atoms with Crippen LogP contribution in [0.15, 0.2) is 211 Å². The quantitative estimate of drug-likeness (QED) is 0.129. The van der Waals surface area contributed by atoms with E-state index in [1.165, 1.54) is 5.46 Å². The summed E-state index contributed by atoms with van der Waals surface area (Å²) in [5.41, 5.74) is 18.7. The summed E-state index contributed by atoms with van der Waals surface area (Å²) in [6.07, 6.45) is 0. The third-order valence-electron chi connectivity index (χ3n) is 12.8. The zero-order chi connectivity index (χ0) is 39.5. The van der Waals surface area contributed by atoms with E-state index < -0.39 is 0 Å². The van der Waals surface area contributed by atoms with Gasteiger partial charge in [-0.05, 0) is 116 Å². The van der Waals surface area contributed by atoms with Gasteiger partial charge in [-0.2, -0.15) is 0 Å². The smallest absolute Gasteiger partial charge is 0.263 e. The highest BCUT2D eigenvalue weighted by Gasteiger charge is 2.49. The average molecular weight is 764 g/mol. The molecule has 0 aliphatic carbocycles. The monoisotopic (exact) mass is 763 g/mol. The summed E-state index contributed by atoms with van der Waals surface area (Å²) in [5.74, 6) is 0. The summed E-state index contributed by atoms with van der Waals surface area (Å²) in [6.45, 7) is -0.155. The molecule has 4 nitrogen and oxygen atoms in total. The maximum absolute atomic E-state index is 15.6. The first-order valence-electron chi connectivity index (χ1n) is 20.6. The van der Waals surface area contributed by atoms with Gasteiger partial charge in [0.1, 0.15) is 0 Å². The first kappa shape index (κ1) is 33.1. The van der Waals surface area contributed by atoms with Gasteiger partial charge in [0.05, 0.1) is 5.52 Å². The summed E-state index contributed by atoms with van der Waals surface area (Å²) in [6, 6.07) is 73.5. The van der Waals surface area contributed by atoms with Crippen LogP contribution in [-0.4, -0.2) is 11.3 Å². The molecule has 0 amide bonds. The number of aromatic nitrogens is 1. The fourth-order valence-electron chi connectivity index (χ4n) is 10.4. The maximum atomic E-state index is 15.6. The number of benzene rings is 9. The van der Waals surface area contributed by atoms with Crippen molar-refractivity contribution in [2.24, 2.45) is 0 Å². The number of hydrogen-bond donors (Lipinski definition) is 0. The van der Waals surface area contributed by atoms with Crippen molar-refractivity contribution in [2.45, 2.75) is 0 Å². The number of nitrogens with zero attached hydrogens (tertiary/aromatic N) is 3. The van der Waals surface area contributed by atoms with Crippen LogP contribution < -0.4 is 31.7 Å². The van der Waals surface area contributed by atoms with Gasteiger partial charge in [0.2, 0.25) is 0 Å². The second-order valence-corrected chi connectivity index (χ2v) is 16.0. The minimum Gasteiger partial charge on any atom is -0.311 e. The van der Waals surface area contributed by atoms with Crippen LogP contribution in [0.2, 0.25) is 0 Å². The Morgan fingerprint density at radius 2 is 0.750 bits per heavy atom. The summed E-state index contributed by atoms with van der Waals surface area (Å²) in [4.78, 5) is 20.5. The molecule has 278 valence electrons. The second-order valence-electron chi connectivity index (χ2n) is 16.0. The molecule has 0 fully saturated rings. The molecule has 60 heavy (non-hydrogen) atoms. The van der Waals surface area contributed by atoms with Crippen molar-refractivity contribution >= 4 is 78.9 Å². The van der Waals surface area contributed by atoms with E-state index in [2.05, 4.69) is 208 Å². The molecule has 0 N–H and O–H groups in total. The predicted octanol–water partition coefficient (Wildman–Crippen LogP) is 11.5. The standard InChI is InChI=1S/C55H34BN3O/c60-55-43-29-17-16-28-42(43)50-44(37-22-10-3-11-23-37)34-49-53-54(50)59(55)48-33-39(36-20-8-2-9-21-36)32-47-52(48)56(53)51-45(57(47)40-24-12-4-13-25-40)30-38(35-18-6-1-7-19-35)31-46(51)58(49)41-26-14-5-15-27-41/h1-34H. The van der Waals surface area contributed by atoms with E-state index in [-0.39, 0.29) is 12.3 Å². The van der Waals surface area contributed by atoms with Crippen molar-refractivity contribution in [1.82, 2.24) is 4.57 Å². The van der Waals surface area contributed by atoms with E-state index in [1.54, 1.807) is 0 Å². The van der Waals surface area contributed by atoms with E-state index in [9.17, 15) is 0 Å². The van der Waals surface area contributed by atoms with E-state index in [4.69, 9.17) is 0 Å². The number of para-hydroxylation sites is 2. The fourth-order valence-corrected chi connectivity index (χ4v) is 10.4. The van der Waals surface area contributed by atoms with E-state index in [1.807, 2.05) is 12.1 Å². The van der Waals surface area contributed by atoms with Crippen LogP contribution in [0, 0.1) is 0 Å². The summed E-state index contributed by atoms with van der Waals surface area (Å²) >= 11 is 0. The Morgan fingerprint density at radius 3 is 1.27 bits per heavy atom. The van der Waals surface area contributed by atoms with Crippen LogP contribution in [0.4, 0.5) is 34.1 Å². The van der Waals surface area contributed by atoms with Crippen LogP contribution in [0.25, 0.3) is 60.7 Å². The molecule has 5 heteroatoms. The lowest BCUT2D eigenvalue weighted by atomic mass is 9.32. The SMILES string of the molecule is O=c1c2ccccc2c2c(-c3ccccc3)cc3c4c2n1-c1cc(-c2ccccc2)cc2c1B4c1c(cc(-c4ccccc4)cc1N3c1ccccc1)N2c1ccccc1. The summed E-state index contributed by atoms with van der Waals surface area (Å²) in [5, 5.41) is 2.77. The molecule has 0 unspecified atom stereocenters. The van der Waals surface area contributed by atoms with Crippen molar-refractivity contribution < 1.29 is 0 Å². The van der Waals surface area contributed by atoms with Crippen molar-refractivity contribution in [1.29, 1.82) is 0 Å². The van der Waals surface area contributed by atoms with Gasteiger partial charge in [-0.15, -0.1) is 0 Å². The first-order valence-corrected chi connectivity index (χ1v) is 20.6. The zero-order valence-corrected chi connectivity index (χ0v) is 32.5. The highest BCUT2D eigenvalue weighted by atomic mass is 16.1. The molecular weight excluding hydrogens is 729 g/mol. The summed E-state index contributed by atoms with van der Waals surface area (Å²) < 4.78 is 2.07. The zero-order valence-electron chi connectivity index (χ0n) is 32.5. The third kappa shape index (κ3) is 4.54. The minimum absolute atomic E-state index is 0.00934. The Labute approximate surface area is 347 Å². The van der Waals surface area contributed by atoms with Gasteiger partial charge < -0.3 is 9.80 Å². The molecular formula is C55H34BN3O. The summed E-state index contributed by atoms with van der Waals surface area (Å²) in [7, 11) is 0. The minimum atomic E-state index is -0.155. The van der Waals surface area contributed by atoms with E-state index in [0.717, 1.165) is 100 Å². The number of anilines is 6. The molecule has 10 aromatic rings. The molecule has 0 bridgehead atoms. The topological polar surface area (TPSA) is 28.5 Å². The molecule has 3 aliphatic heterocycles. The highest BCUT2D eigenvalue weighted by Crippen LogP contribution is 2.51. The third-order valence-corrected chi connectivity index (χ3v) is 12.8. The lowest BCUT2D eigenvalue weighted by Gasteiger charge is -2.47. The lowest BCUT2D eigenvalue weighted by molar-refractivity contribution is 1.06. The van der Waals surface area contributed by atoms with Crippen molar-refractivity contribution in [2.75, 3.05) is 9.80 Å². The van der Waals surface area contributed by atoms with Gasteiger partial charge >= 0.3 is 0 Å². The van der Waals surface area contributed by atoms with Crippen LogP contribution in [0.3, 0.4) is 0 Å². The molecule has 0 spiro atoms. The van der Waals surface area contributed by atoms with Gasteiger partial charge in [-0.1, -0.05) is 146 Å². The van der Waals surface area contributed by atoms with Gasteiger partial charge in [0, 0.05) is 50.6 Å². The van der Waals surface area contributed by atoms with Crippen LogP contribution >= 0.6 is 0 Å². The normalized spacial score (nSPS) is 13.0. The molecule has 0 saturated carbocycles. The molecule has 0 atom stereocenters. The first-order chi connectivity index (χ1) is 29.7. The van der Waals surface area contributed by atoms with Gasteiger partial charge in [0.15, 0.2) is 0 Å². The molecule has 9 aromatic carbocycles. The van der Waals surface area contributed by atoms with E-state index >= 15 is 4.79 Å². The Balaban J connectivity index is 1.30. The Bertz CT molecular complexity index is 3430. The Hall–Kier alpha value is -7.89. The van der Waals surface area contributed by atoms with E-state index in [0.29, 0.717) is 5.39 Å². The second kappa shape index (κ2) is 12.6. The maximum Gasteiger partial charge on any atom is 0.263 e. The van der Waals surface area contributed by atoms with Gasteiger partial charge in [-0.3, -0.25) is 9.36 Å². The molecule has 1 aromatic heterocycles. The molecule has 0 saturated heterocycles. The highest BCUT2D eigenvalue weighted by molar-refractivity contribution is 7.02. The lowest BCUT2D eigenvalue weighted by Crippen LogP contribution is -2.65. The largest absolute Gasteiger partial charge is 0.311 e. The van der Waals surface area contributed by atoms with Crippen molar-refractivity contribution in [3.63, 3.8) is 0 Å².